The maximum Gasteiger partial charge on any atom is 0.187 e. The van der Waals surface area contributed by atoms with E-state index in [4.69, 9.17) is 75.8 Å². The highest BCUT2D eigenvalue weighted by molar-refractivity contribution is 5.01. The maximum atomic E-state index is 11.4. The predicted octanol–water partition coefficient (Wildman–Crippen LogP) is -16.5. The smallest absolute Gasteiger partial charge is 0.187 e. The van der Waals surface area contributed by atoms with Gasteiger partial charge in [-0.3, -0.25) is 0 Å². The molecule has 0 amide bonds. The van der Waals surface area contributed by atoms with Crippen LogP contribution in [0.25, 0.3) is 0 Å². The minimum atomic E-state index is -2.25. The molecule has 0 aromatic heterocycles. The van der Waals surface area contributed by atoms with Gasteiger partial charge >= 0.3 is 0 Å². The van der Waals surface area contributed by atoms with Crippen molar-refractivity contribution in [3.63, 3.8) is 0 Å². The Morgan fingerprint density at radius 1 is 0.211 bits per heavy atom. The van der Waals surface area contributed by atoms with Gasteiger partial charge in [-0.2, -0.15) is 0 Å². The molecule has 40 atom stereocenters. The molecule has 526 valence electrons. The second-order valence-corrected chi connectivity index (χ2v) is 23.0. The van der Waals surface area contributed by atoms with Crippen molar-refractivity contribution in [2.24, 2.45) is 5.92 Å². The first-order valence-corrected chi connectivity index (χ1v) is 28.9. The van der Waals surface area contributed by atoms with E-state index < -0.39 is 298 Å². The minimum Gasteiger partial charge on any atom is -0.394 e. The molecule has 40 heteroatoms. The summed E-state index contributed by atoms with van der Waals surface area (Å²) in [5.74, 6) is -0.763. The molecule has 8 rings (SSSR count). The number of rotatable bonds is 23. The summed E-state index contributed by atoms with van der Waals surface area (Å²) in [7, 11) is 1.15. The topological polar surface area (TPSA) is 633 Å². The van der Waals surface area contributed by atoms with Gasteiger partial charge in [0.05, 0.1) is 65.1 Å². The van der Waals surface area contributed by atoms with Gasteiger partial charge in [-0.15, -0.1) is 0 Å². The first kappa shape index (κ1) is 74.2. The highest BCUT2D eigenvalue weighted by atomic mass is 16.8. The van der Waals surface area contributed by atoms with Crippen molar-refractivity contribution >= 4 is 0 Å². The lowest BCUT2D eigenvalue weighted by Gasteiger charge is -2.50. The molecule has 24 N–H and O–H groups in total. The molecular weight excluding hydrogens is 1240 g/mol. The van der Waals surface area contributed by atoms with E-state index in [1.54, 1.807) is 0 Å². The van der Waals surface area contributed by atoms with Gasteiger partial charge in [0, 0.05) is 13.0 Å². The first-order chi connectivity index (χ1) is 42.8. The lowest BCUT2D eigenvalue weighted by Crippen LogP contribution is -2.68. The molecule has 0 saturated carbocycles. The van der Waals surface area contributed by atoms with E-state index in [2.05, 4.69) is 0 Å². The Labute approximate surface area is 509 Å². The van der Waals surface area contributed by atoms with Crippen LogP contribution >= 0.6 is 0 Å². The highest BCUT2D eigenvalue weighted by Gasteiger charge is 2.59. The Morgan fingerprint density at radius 3 is 0.522 bits per heavy atom. The highest BCUT2D eigenvalue weighted by Crippen LogP contribution is 2.39. The van der Waals surface area contributed by atoms with E-state index in [1.165, 1.54) is 6.92 Å². The molecule has 24 unspecified atom stereocenters. The molecule has 8 saturated heterocycles. The molecule has 8 heterocycles. The van der Waals surface area contributed by atoms with Crippen molar-refractivity contribution in [2.45, 2.75) is 246 Å². The first-order valence-electron chi connectivity index (χ1n) is 28.9. The molecule has 0 spiro atoms. The number of methoxy groups -OCH3 is 1. The van der Waals surface area contributed by atoms with Crippen LogP contribution in [-0.2, 0) is 75.8 Å². The molecule has 8 aliphatic heterocycles. The summed E-state index contributed by atoms with van der Waals surface area (Å²) in [6.45, 7) is -6.11. The van der Waals surface area contributed by atoms with Crippen molar-refractivity contribution in [2.75, 3.05) is 60.0 Å². The minimum absolute atomic E-state index is 0.603. The lowest BCUT2D eigenvalue weighted by molar-refractivity contribution is -0.399. The van der Waals surface area contributed by atoms with Crippen LogP contribution in [0.1, 0.15) is 6.92 Å². The van der Waals surface area contributed by atoms with Gasteiger partial charge < -0.3 is 198 Å². The van der Waals surface area contributed by atoms with Gasteiger partial charge in [0.25, 0.3) is 0 Å². The van der Waals surface area contributed by atoms with Crippen LogP contribution in [0.15, 0.2) is 0 Å². The van der Waals surface area contributed by atoms with Crippen molar-refractivity contribution < 1.29 is 198 Å². The van der Waals surface area contributed by atoms with Gasteiger partial charge in [0.15, 0.2) is 50.3 Å². The quantitative estimate of drug-likeness (QED) is 0.0452. The van der Waals surface area contributed by atoms with E-state index in [1.807, 2.05) is 0 Å². The monoisotopic (exact) mass is 1330 g/mol. The van der Waals surface area contributed by atoms with E-state index in [0.29, 0.717) is 0 Å². The van der Waals surface area contributed by atoms with Crippen LogP contribution in [0.5, 0.6) is 0 Å². The molecule has 8 fully saturated rings. The number of ether oxygens (including phenoxy) is 16. The van der Waals surface area contributed by atoms with Crippen LogP contribution in [0, 0.1) is 5.92 Å². The summed E-state index contributed by atoms with van der Waals surface area (Å²) in [5, 5.41) is 259. The van der Waals surface area contributed by atoms with Crippen LogP contribution in [-0.4, -0.2) is 422 Å². The van der Waals surface area contributed by atoms with Crippen LogP contribution in [0.2, 0.25) is 0 Å². The Morgan fingerprint density at radius 2 is 0.356 bits per heavy atom. The lowest BCUT2D eigenvalue weighted by atomic mass is 9.91. The van der Waals surface area contributed by atoms with Gasteiger partial charge in [-0.05, 0) is 0 Å². The van der Waals surface area contributed by atoms with Gasteiger partial charge in [-0.1, -0.05) is 6.92 Å². The molecule has 0 aromatic rings. The number of aliphatic hydroxyl groups excluding tert-OH is 24. The fraction of sp³-hybridized carbons (Fsp3) is 1.00. The van der Waals surface area contributed by atoms with E-state index in [9.17, 15) is 123 Å². The predicted molar refractivity (Wildman–Crippen MR) is 272 cm³/mol. The van der Waals surface area contributed by atoms with Crippen molar-refractivity contribution in [3.8, 4) is 0 Å². The van der Waals surface area contributed by atoms with Crippen molar-refractivity contribution in [3.05, 3.63) is 0 Å². The van der Waals surface area contributed by atoms with E-state index in [0.717, 1.165) is 7.11 Å². The zero-order valence-electron chi connectivity index (χ0n) is 48.0. The van der Waals surface area contributed by atoms with Gasteiger partial charge in [-0.25, -0.2) is 0 Å². The van der Waals surface area contributed by atoms with E-state index in [-0.39, 0.29) is 0 Å². The Hall–Kier alpha value is -1.60. The second kappa shape index (κ2) is 32.2. The fourth-order valence-electron chi connectivity index (χ4n) is 11.9. The number of hydrogen-bond donors (Lipinski definition) is 24. The third kappa shape index (κ3) is 15.1. The Kier molecular flexibility index (Phi) is 26.5. The van der Waals surface area contributed by atoms with Gasteiger partial charge in [0.1, 0.15) is 177 Å². The summed E-state index contributed by atoms with van der Waals surface area (Å²) in [6, 6.07) is 0. The standard InChI is InChI=1S/C50H86O40/c1-11-12(3-51)76-44(28(67)20(11)59)84-37-14(5-53)78-46(30(69)22(37)61)86-39-16(7-55)80-48(32(71)24(39)63)88-41-18(9-57)82-50(34(73)26(41)65)90-42-19(10-58)83-49(35(74)27(42)66)89-40-17(8-56)81-47(33(72)25(40)64)87-38-15(6-54)79-45(31(70)23(38)62)85-36-13(4-52)77-43(75-2)29(68)21(36)60/h11-74H,3-10H2,1-2H3/t11?,12?,13?,14?,15?,16?,17?,18?,19?,20-,21+,22+,23+,24+,25+,26+,27+,28?,29?,30?,31?,32?,33?,34?,35?,36?,37?,38?,39?,40?,41?,42?,43+,44-,45-,46-,47-,48-,49-,50-/m0/s1. The second-order valence-electron chi connectivity index (χ2n) is 23.0. The van der Waals surface area contributed by atoms with Crippen LogP contribution in [0.4, 0.5) is 0 Å². The van der Waals surface area contributed by atoms with Gasteiger partial charge in [0.2, 0.25) is 0 Å². The average molecular weight is 1330 g/mol. The molecule has 0 aromatic carbocycles. The van der Waals surface area contributed by atoms with Crippen LogP contribution in [0.3, 0.4) is 0 Å². The summed E-state index contributed by atoms with van der Waals surface area (Å²) in [4.78, 5) is 0. The fourth-order valence-corrected chi connectivity index (χ4v) is 11.9. The Balaban J connectivity index is 0.849. The summed E-state index contributed by atoms with van der Waals surface area (Å²) in [6.07, 6.45) is -73.4. The molecule has 0 radical (unpaired) electrons. The van der Waals surface area contributed by atoms with Crippen molar-refractivity contribution in [1.82, 2.24) is 0 Å². The maximum absolute atomic E-state index is 11.4. The molecule has 8 aliphatic rings. The molecular formula is C50H86O40. The average Bonchev–Trinajstić information content (AvgIpc) is 0.930. The molecule has 0 aliphatic carbocycles. The number of aliphatic hydroxyl groups is 24. The van der Waals surface area contributed by atoms with Crippen LogP contribution < -0.4 is 0 Å². The summed E-state index contributed by atoms with van der Waals surface area (Å²) >= 11 is 0. The molecule has 0 bridgehead atoms. The third-order valence-electron chi connectivity index (χ3n) is 17.3. The largest absolute Gasteiger partial charge is 0.394 e. The SMILES string of the molecule is CO[C@@H]1OC(CO)C(O[C@@H]2OC(CO)C(O[C@@H]3OC(CO)C(O[C@@H]4OC(CO)C(O[C@@H]5OC(CO)C(O[C@@H]6OC(CO)C(O[C@@H]7OC(CO)C(O[C@@H]8OC(CO)C(C)[C@H](O)C8O)[C@H](O)C7O)[C@H](O)C6O)[C@H](O)C5O)[C@H](O)C4O)[C@H](O)C3O)[C@H](O)C2O)[C@H](O)C1O. The Bertz CT molecular complexity index is 2140. The zero-order chi connectivity index (χ0) is 66.1. The van der Waals surface area contributed by atoms with Crippen molar-refractivity contribution in [1.29, 1.82) is 0 Å². The summed E-state index contributed by atoms with van der Waals surface area (Å²) < 4.78 is 89.5. The normalized spacial score (nSPS) is 53.1. The zero-order valence-corrected chi connectivity index (χ0v) is 48.0. The molecule has 40 nitrogen and oxygen atoms in total. The summed E-state index contributed by atoms with van der Waals surface area (Å²) in [5.41, 5.74) is 0. The number of hydrogen-bond acceptors (Lipinski definition) is 40. The molecule has 90 heavy (non-hydrogen) atoms. The third-order valence-corrected chi connectivity index (χ3v) is 17.3. The van der Waals surface area contributed by atoms with E-state index >= 15 is 0 Å².